The Kier molecular flexibility index (Phi) is 21.0. The van der Waals surface area contributed by atoms with Crippen LogP contribution in [-0.4, -0.2) is 38.3 Å². The van der Waals surface area contributed by atoms with Gasteiger partial charge in [0.1, 0.15) is 12.2 Å². The van der Waals surface area contributed by atoms with Crippen LogP contribution >= 0.6 is 0 Å². The minimum atomic E-state index is -2.14. The molecule has 0 saturated heterocycles. The first kappa shape index (κ1) is 40.7. The standard InChI is InChI=1S/C41H70O4Si/c1-8-9-10-11-12-13-14-15-16-17-18-25-30-40(43-31-37-26-21-19-22-27-37)41(44-32-38-28-23-20-24-29-38)39(42)33-45-46(34(2)3,35(4)5)36(6)7/h19-24,26-29,34-36,39-42H,8-18,25,30-33H2,1-7H3/t39-,40-,41+/m1/s1. The van der Waals surface area contributed by atoms with E-state index in [0.29, 0.717) is 29.8 Å². The van der Waals surface area contributed by atoms with Crippen LogP contribution in [0.1, 0.15) is 143 Å². The molecule has 0 heterocycles. The van der Waals surface area contributed by atoms with Gasteiger partial charge in [-0.3, -0.25) is 0 Å². The van der Waals surface area contributed by atoms with Gasteiger partial charge < -0.3 is 19.0 Å². The summed E-state index contributed by atoms with van der Waals surface area (Å²) in [6, 6.07) is 20.6. The number of rotatable bonds is 27. The second kappa shape index (κ2) is 23.8. The van der Waals surface area contributed by atoms with Crippen molar-refractivity contribution in [3.63, 3.8) is 0 Å². The zero-order valence-corrected chi connectivity index (χ0v) is 31.7. The Morgan fingerprint density at radius 3 is 1.41 bits per heavy atom. The molecule has 4 nitrogen and oxygen atoms in total. The Labute approximate surface area is 285 Å². The fourth-order valence-corrected chi connectivity index (χ4v) is 12.8. The summed E-state index contributed by atoms with van der Waals surface area (Å²) in [4.78, 5) is 0. The molecule has 0 bridgehead atoms. The third kappa shape index (κ3) is 14.7. The minimum Gasteiger partial charge on any atom is -0.413 e. The van der Waals surface area contributed by atoms with Gasteiger partial charge in [0, 0.05) is 0 Å². The lowest BCUT2D eigenvalue weighted by molar-refractivity contribution is -0.142. The Hall–Kier alpha value is -1.50. The molecule has 0 aliphatic rings. The van der Waals surface area contributed by atoms with E-state index in [1.54, 1.807) is 0 Å². The van der Waals surface area contributed by atoms with Crippen molar-refractivity contribution in [1.82, 2.24) is 0 Å². The van der Waals surface area contributed by atoms with Crippen molar-refractivity contribution < 1.29 is 19.0 Å². The third-order valence-corrected chi connectivity index (χ3v) is 16.0. The average molecular weight is 655 g/mol. The molecular weight excluding hydrogens is 585 g/mol. The highest BCUT2D eigenvalue weighted by Crippen LogP contribution is 2.42. The van der Waals surface area contributed by atoms with Crippen molar-refractivity contribution >= 4 is 8.32 Å². The molecule has 0 fully saturated rings. The zero-order valence-electron chi connectivity index (χ0n) is 30.7. The second-order valence-electron chi connectivity index (χ2n) is 14.5. The van der Waals surface area contributed by atoms with Gasteiger partial charge in [0.05, 0.1) is 25.9 Å². The van der Waals surface area contributed by atoms with Crippen LogP contribution in [0.15, 0.2) is 60.7 Å². The van der Waals surface area contributed by atoms with E-state index in [1.165, 1.54) is 70.6 Å². The lowest BCUT2D eigenvalue weighted by Crippen LogP contribution is -2.51. The van der Waals surface area contributed by atoms with Crippen LogP contribution in [-0.2, 0) is 27.1 Å². The van der Waals surface area contributed by atoms with Crippen molar-refractivity contribution in [2.24, 2.45) is 0 Å². The van der Waals surface area contributed by atoms with E-state index < -0.39 is 20.5 Å². The van der Waals surface area contributed by atoms with Crippen LogP contribution in [0.3, 0.4) is 0 Å². The normalized spacial score (nSPS) is 14.3. The summed E-state index contributed by atoms with van der Waals surface area (Å²) >= 11 is 0. The molecule has 0 aromatic heterocycles. The molecule has 46 heavy (non-hydrogen) atoms. The second-order valence-corrected chi connectivity index (χ2v) is 19.9. The van der Waals surface area contributed by atoms with Gasteiger partial charge in [0.15, 0.2) is 8.32 Å². The average Bonchev–Trinajstić information content (AvgIpc) is 3.04. The van der Waals surface area contributed by atoms with E-state index >= 15 is 0 Å². The van der Waals surface area contributed by atoms with Gasteiger partial charge >= 0.3 is 0 Å². The summed E-state index contributed by atoms with van der Waals surface area (Å²) < 4.78 is 20.1. The maximum Gasteiger partial charge on any atom is 0.200 e. The predicted octanol–water partition coefficient (Wildman–Crippen LogP) is 11.8. The Balaban J connectivity index is 2.09. The lowest BCUT2D eigenvalue weighted by Gasteiger charge is -2.43. The summed E-state index contributed by atoms with van der Waals surface area (Å²) in [6.45, 7) is 17.3. The molecule has 5 heteroatoms. The molecule has 0 aliphatic heterocycles. The van der Waals surface area contributed by atoms with E-state index in [9.17, 15) is 5.11 Å². The fourth-order valence-electron chi connectivity index (χ4n) is 7.36. The quantitative estimate of drug-likeness (QED) is 0.0769. The number of hydrogen-bond donors (Lipinski definition) is 1. The summed E-state index contributed by atoms with van der Waals surface area (Å²) in [6.07, 6.45) is 15.2. The molecule has 0 radical (unpaired) electrons. The lowest BCUT2D eigenvalue weighted by atomic mass is 10.00. The molecule has 0 aliphatic carbocycles. The van der Waals surface area contributed by atoms with Gasteiger partial charge in [-0.25, -0.2) is 0 Å². The van der Waals surface area contributed by atoms with Crippen LogP contribution in [0.2, 0.25) is 16.6 Å². The van der Waals surface area contributed by atoms with E-state index in [4.69, 9.17) is 13.9 Å². The molecule has 262 valence electrons. The first-order chi connectivity index (χ1) is 22.2. The fraction of sp³-hybridized carbons (Fsp3) is 0.707. The highest BCUT2D eigenvalue weighted by Gasteiger charge is 2.46. The number of hydrogen-bond acceptors (Lipinski definition) is 4. The summed E-state index contributed by atoms with van der Waals surface area (Å²) in [5.41, 5.74) is 3.60. The summed E-state index contributed by atoms with van der Waals surface area (Å²) in [7, 11) is -2.14. The topological polar surface area (TPSA) is 47.9 Å². The molecule has 0 saturated carbocycles. The smallest absolute Gasteiger partial charge is 0.200 e. The number of ether oxygens (including phenoxy) is 2. The van der Waals surface area contributed by atoms with Crippen LogP contribution in [0.4, 0.5) is 0 Å². The van der Waals surface area contributed by atoms with Crippen molar-refractivity contribution in [3.05, 3.63) is 71.8 Å². The van der Waals surface area contributed by atoms with Gasteiger partial charge in [-0.1, -0.05) is 186 Å². The molecule has 2 rings (SSSR count). The van der Waals surface area contributed by atoms with Gasteiger partial charge in [-0.05, 0) is 34.2 Å². The molecule has 2 aromatic carbocycles. The molecule has 2 aromatic rings. The van der Waals surface area contributed by atoms with Crippen LogP contribution in [0.25, 0.3) is 0 Å². The molecular formula is C41H70O4Si. The largest absolute Gasteiger partial charge is 0.413 e. The van der Waals surface area contributed by atoms with Crippen LogP contribution in [0, 0.1) is 0 Å². The number of benzene rings is 2. The first-order valence-electron chi connectivity index (χ1n) is 18.8. The van der Waals surface area contributed by atoms with E-state index in [-0.39, 0.29) is 12.7 Å². The van der Waals surface area contributed by atoms with Gasteiger partial charge in [0.25, 0.3) is 0 Å². The molecule has 3 atom stereocenters. The van der Waals surface area contributed by atoms with Crippen LogP contribution in [0.5, 0.6) is 0 Å². The molecule has 0 unspecified atom stereocenters. The van der Waals surface area contributed by atoms with Crippen molar-refractivity contribution in [3.8, 4) is 0 Å². The van der Waals surface area contributed by atoms with Gasteiger partial charge in [0.2, 0.25) is 0 Å². The minimum absolute atomic E-state index is 0.223. The van der Waals surface area contributed by atoms with E-state index in [0.717, 1.165) is 24.0 Å². The molecule has 0 spiro atoms. The molecule has 1 N–H and O–H groups in total. The third-order valence-electron chi connectivity index (χ3n) is 9.89. The molecule has 0 amide bonds. The SMILES string of the molecule is CCCCCCCCCCCCCC[C@@H](OCc1ccccc1)[C@@H](OCc1ccccc1)[C@H](O)CO[Si](C(C)C)(C(C)C)C(C)C. The monoisotopic (exact) mass is 655 g/mol. The number of aliphatic hydroxyl groups excluding tert-OH is 1. The Morgan fingerprint density at radius 2 is 0.978 bits per heavy atom. The first-order valence-corrected chi connectivity index (χ1v) is 21.0. The van der Waals surface area contributed by atoms with Crippen molar-refractivity contribution in [2.45, 2.75) is 180 Å². The number of aliphatic hydroxyl groups is 1. The van der Waals surface area contributed by atoms with Crippen LogP contribution < -0.4 is 0 Å². The summed E-state index contributed by atoms with van der Waals surface area (Å²) in [5, 5.41) is 11.8. The highest BCUT2D eigenvalue weighted by atomic mass is 28.4. The number of unbranched alkanes of at least 4 members (excludes halogenated alkanes) is 11. The highest BCUT2D eigenvalue weighted by molar-refractivity contribution is 6.77. The Morgan fingerprint density at radius 1 is 0.565 bits per heavy atom. The van der Waals surface area contributed by atoms with E-state index in [2.05, 4.69) is 84.9 Å². The Bertz CT molecular complexity index is 959. The summed E-state index contributed by atoms with van der Waals surface area (Å²) in [5.74, 6) is 0. The predicted molar refractivity (Wildman–Crippen MR) is 199 cm³/mol. The van der Waals surface area contributed by atoms with E-state index in [1.807, 2.05) is 24.3 Å². The van der Waals surface area contributed by atoms with Crippen molar-refractivity contribution in [2.75, 3.05) is 6.61 Å². The zero-order chi connectivity index (χ0) is 33.6. The van der Waals surface area contributed by atoms with Crippen molar-refractivity contribution in [1.29, 1.82) is 0 Å². The maximum atomic E-state index is 11.8. The van der Waals surface area contributed by atoms with Gasteiger partial charge in [-0.15, -0.1) is 0 Å². The maximum absolute atomic E-state index is 11.8. The van der Waals surface area contributed by atoms with Gasteiger partial charge in [-0.2, -0.15) is 0 Å².